The van der Waals surface area contributed by atoms with Crippen LogP contribution in [0.4, 0.5) is 0 Å². The van der Waals surface area contributed by atoms with Gasteiger partial charge in [0.2, 0.25) is 5.91 Å². The summed E-state index contributed by atoms with van der Waals surface area (Å²) in [6.45, 7) is 6.08. The van der Waals surface area contributed by atoms with Gasteiger partial charge in [0.15, 0.2) is 0 Å². The van der Waals surface area contributed by atoms with Crippen molar-refractivity contribution in [3.8, 4) is 0 Å². The second-order valence-corrected chi connectivity index (χ2v) is 5.15. The van der Waals surface area contributed by atoms with Crippen molar-refractivity contribution < 1.29 is 4.79 Å². The van der Waals surface area contributed by atoms with Crippen LogP contribution in [-0.4, -0.2) is 49.1 Å². The van der Waals surface area contributed by atoms with Crippen LogP contribution in [0.1, 0.15) is 39.0 Å². The molecule has 4 nitrogen and oxygen atoms in total. The summed E-state index contributed by atoms with van der Waals surface area (Å²) < 4.78 is 0. The van der Waals surface area contributed by atoms with Crippen molar-refractivity contribution in [2.24, 2.45) is 0 Å². The number of carbonyl (C=O) groups is 1. The smallest absolute Gasteiger partial charge is 0.237 e. The molecule has 1 aliphatic heterocycles. The molecule has 0 bridgehead atoms. The second kappa shape index (κ2) is 9.81. The number of hydrogen-bond donors (Lipinski definition) is 2. The molecule has 2 rings (SSSR count). The van der Waals surface area contributed by atoms with Crippen molar-refractivity contribution >= 4 is 30.7 Å². The highest BCUT2D eigenvalue weighted by atomic mass is 35.5. The zero-order valence-corrected chi connectivity index (χ0v) is 13.3. The van der Waals surface area contributed by atoms with Gasteiger partial charge in [0.05, 0.1) is 6.04 Å². The summed E-state index contributed by atoms with van der Waals surface area (Å²) in [5.41, 5.74) is 0. The maximum absolute atomic E-state index is 11.9. The summed E-state index contributed by atoms with van der Waals surface area (Å²) in [7, 11) is 0. The van der Waals surface area contributed by atoms with E-state index in [0.717, 1.165) is 38.6 Å². The fourth-order valence-corrected chi connectivity index (χ4v) is 2.56. The van der Waals surface area contributed by atoms with Crippen LogP contribution in [0.2, 0.25) is 0 Å². The monoisotopic (exact) mass is 311 g/mol. The van der Waals surface area contributed by atoms with Crippen LogP contribution in [0.3, 0.4) is 0 Å². The minimum absolute atomic E-state index is 0. The Balaban J connectivity index is 0.00000162. The molecule has 1 saturated carbocycles. The highest BCUT2D eigenvalue weighted by molar-refractivity contribution is 5.85. The predicted molar refractivity (Wildman–Crippen MR) is 83.4 cm³/mol. The molecule has 2 fully saturated rings. The molecule has 0 aromatic heterocycles. The number of amides is 1. The van der Waals surface area contributed by atoms with Crippen molar-refractivity contribution in [2.45, 2.75) is 51.1 Å². The molecule has 1 heterocycles. The molecular formula is C13H27Cl2N3O. The molecule has 6 heteroatoms. The van der Waals surface area contributed by atoms with Gasteiger partial charge < -0.3 is 10.6 Å². The Morgan fingerprint density at radius 2 is 2.00 bits per heavy atom. The number of piperidine rings is 1. The van der Waals surface area contributed by atoms with E-state index in [9.17, 15) is 4.79 Å². The molecule has 0 aromatic rings. The van der Waals surface area contributed by atoms with Crippen LogP contribution in [0.15, 0.2) is 0 Å². The van der Waals surface area contributed by atoms with Gasteiger partial charge >= 0.3 is 0 Å². The molecule has 1 atom stereocenters. The van der Waals surface area contributed by atoms with E-state index in [4.69, 9.17) is 0 Å². The minimum atomic E-state index is 0. The van der Waals surface area contributed by atoms with Gasteiger partial charge in [0.1, 0.15) is 0 Å². The molecule has 1 saturated heterocycles. The minimum Gasteiger partial charge on any atom is -0.353 e. The Morgan fingerprint density at radius 3 is 2.53 bits per heavy atom. The van der Waals surface area contributed by atoms with Crippen molar-refractivity contribution in [3.63, 3.8) is 0 Å². The van der Waals surface area contributed by atoms with E-state index < -0.39 is 0 Å². The topological polar surface area (TPSA) is 44.4 Å². The van der Waals surface area contributed by atoms with Crippen molar-refractivity contribution in [1.29, 1.82) is 0 Å². The zero-order valence-electron chi connectivity index (χ0n) is 11.7. The summed E-state index contributed by atoms with van der Waals surface area (Å²) in [5, 5.41) is 6.34. The Morgan fingerprint density at radius 1 is 1.26 bits per heavy atom. The average molecular weight is 312 g/mol. The van der Waals surface area contributed by atoms with Gasteiger partial charge in [-0.2, -0.15) is 0 Å². The summed E-state index contributed by atoms with van der Waals surface area (Å²) in [6, 6.07) is 0.851. The van der Waals surface area contributed by atoms with Gasteiger partial charge in [0.25, 0.3) is 0 Å². The Bertz CT molecular complexity index is 256. The van der Waals surface area contributed by atoms with Crippen molar-refractivity contribution in [1.82, 2.24) is 15.5 Å². The number of nitrogens with zero attached hydrogens (tertiary/aromatic N) is 1. The van der Waals surface area contributed by atoms with Gasteiger partial charge in [0, 0.05) is 19.1 Å². The molecule has 114 valence electrons. The van der Waals surface area contributed by atoms with E-state index in [-0.39, 0.29) is 36.8 Å². The molecule has 0 aromatic carbocycles. The predicted octanol–water partition coefficient (Wildman–Crippen LogP) is 1.57. The number of likely N-dealkylation sites (N-methyl/N-ethyl adjacent to an activating group) is 1. The lowest BCUT2D eigenvalue weighted by atomic mass is 10.0. The SMILES string of the molecule is CCN(CCNC(=O)[C@@H]1CCCCN1)C1CC1.Cl.Cl. The van der Waals surface area contributed by atoms with Crippen LogP contribution in [0, 0.1) is 0 Å². The first-order chi connectivity index (χ1) is 8.31. The number of nitrogens with one attached hydrogen (secondary N) is 2. The maximum atomic E-state index is 11.9. The van der Waals surface area contributed by atoms with Gasteiger partial charge in [-0.3, -0.25) is 9.69 Å². The Labute approximate surface area is 128 Å². The normalized spacial score (nSPS) is 22.3. The van der Waals surface area contributed by atoms with E-state index in [2.05, 4.69) is 22.5 Å². The van der Waals surface area contributed by atoms with E-state index in [1.54, 1.807) is 0 Å². The molecule has 2 aliphatic rings. The Kier molecular flexibility index (Phi) is 9.79. The molecule has 19 heavy (non-hydrogen) atoms. The summed E-state index contributed by atoms with van der Waals surface area (Å²) in [6.07, 6.45) is 6.05. The molecule has 1 aliphatic carbocycles. The van der Waals surface area contributed by atoms with E-state index >= 15 is 0 Å². The molecule has 0 unspecified atom stereocenters. The van der Waals surface area contributed by atoms with Crippen molar-refractivity contribution in [2.75, 3.05) is 26.2 Å². The van der Waals surface area contributed by atoms with Crippen LogP contribution < -0.4 is 10.6 Å². The van der Waals surface area contributed by atoms with Gasteiger partial charge in [-0.25, -0.2) is 0 Å². The van der Waals surface area contributed by atoms with E-state index in [1.165, 1.54) is 25.7 Å². The zero-order chi connectivity index (χ0) is 12.1. The first-order valence-electron chi connectivity index (χ1n) is 7.06. The number of carbonyl (C=O) groups excluding carboxylic acids is 1. The lowest BCUT2D eigenvalue weighted by Crippen LogP contribution is -2.48. The first-order valence-corrected chi connectivity index (χ1v) is 7.06. The largest absolute Gasteiger partial charge is 0.353 e. The fourth-order valence-electron chi connectivity index (χ4n) is 2.56. The van der Waals surface area contributed by atoms with Gasteiger partial charge in [-0.15, -0.1) is 24.8 Å². The summed E-state index contributed by atoms with van der Waals surface area (Å²) in [4.78, 5) is 14.3. The van der Waals surface area contributed by atoms with Gasteiger partial charge in [-0.1, -0.05) is 13.3 Å². The third kappa shape index (κ3) is 6.30. The first kappa shape index (κ1) is 19.0. The lowest BCUT2D eigenvalue weighted by molar-refractivity contribution is -0.123. The Hall–Kier alpha value is -0.0300. The summed E-state index contributed by atoms with van der Waals surface area (Å²) in [5.74, 6) is 0.191. The summed E-state index contributed by atoms with van der Waals surface area (Å²) >= 11 is 0. The quantitative estimate of drug-likeness (QED) is 0.782. The number of hydrogen-bond acceptors (Lipinski definition) is 3. The lowest BCUT2D eigenvalue weighted by Gasteiger charge is -2.24. The molecule has 0 radical (unpaired) electrons. The van der Waals surface area contributed by atoms with Crippen LogP contribution in [-0.2, 0) is 4.79 Å². The van der Waals surface area contributed by atoms with Crippen LogP contribution in [0.5, 0.6) is 0 Å². The third-order valence-corrected chi connectivity index (χ3v) is 3.79. The molecule has 2 N–H and O–H groups in total. The maximum Gasteiger partial charge on any atom is 0.237 e. The second-order valence-electron chi connectivity index (χ2n) is 5.15. The number of rotatable bonds is 6. The molecule has 1 amide bonds. The molecular weight excluding hydrogens is 285 g/mol. The fraction of sp³-hybridized carbons (Fsp3) is 0.923. The highest BCUT2D eigenvalue weighted by Gasteiger charge is 2.27. The van der Waals surface area contributed by atoms with E-state index in [0.29, 0.717) is 0 Å². The standard InChI is InChI=1S/C13H25N3O.2ClH/c1-2-16(11-6-7-11)10-9-15-13(17)12-5-3-4-8-14-12;;/h11-12,14H,2-10H2,1H3,(H,15,17);2*1H/t12-;;/m0../s1. The third-order valence-electron chi connectivity index (χ3n) is 3.79. The number of halogens is 2. The van der Waals surface area contributed by atoms with Crippen LogP contribution >= 0.6 is 24.8 Å². The van der Waals surface area contributed by atoms with Crippen molar-refractivity contribution in [3.05, 3.63) is 0 Å². The average Bonchev–Trinajstić information content (AvgIpc) is 3.20. The van der Waals surface area contributed by atoms with Gasteiger partial charge in [-0.05, 0) is 38.8 Å². The van der Waals surface area contributed by atoms with E-state index in [1.807, 2.05) is 0 Å². The van der Waals surface area contributed by atoms with Crippen LogP contribution in [0.25, 0.3) is 0 Å². The molecule has 0 spiro atoms. The highest BCUT2D eigenvalue weighted by Crippen LogP contribution is 2.25.